The number of nitrogens with zero attached hydrogens (tertiary/aromatic N) is 1. The first-order valence-electron chi connectivity index (χ1n) is 5.93. The molecule has 15 heavy (non-hydrogen) atoms. The topological polar surface area (TPSA) is 38.1 Å². The zero-order valence-corrected chi connectivity index (χ0v) is 9.62. The van der Waals surface area contributed by atoms with E-state index >= 15 is 0 Å². The van der Waals surface area contributed by atoms with Crippen LogP contribution in [0.4, 0.5) is 0 Å². The van der Waals surface area contributed by atoms with E-state index in [2.05, 4.69) is 24.1 Å². The molecule has 0 saturated carbocycles. The molecule has 1 atom stereocenters. The van der Waals surface area contributed by atoms with Crippen LogP contribution in [-0.4, -0.2) is 17.6 Å². The van der Waals surface area contributed by atoms with Crippen molar-refractivity contribution in [2.75, 3.05) is 6.54 Å². The number of nitrogens with one attached hydrogen (secondary N) is 1. The van der Waals surface area contributed by atoms with E-state index in [0.29, 0.717) is 12.0 Å². The lowest BCUT2D eigenvalue weighted by Gasteiger charge is -2.21. The maximum Gasteiger partial charge on any atom is 0.195 e. The molecule has 3 heteroatoms. The highest BCUT2D eigenvalue weighted by atomic mass is 16.3. The minimum atomic E-state index is 0.460. The molecule has 0 spiro atoms. The highest BCUT2D eigenvalue weighted by Crippen LogP contribution is 2.16. The third-order valence-corrected chi connectivity index (χ3v) is 2.99. The Morgan fingerprint density at radius 2 is 2.40 bits per heavy atom. The first-order valence-corrected chi connectivity index (χ1v) is 5.93. The van der Waals surface area contributed by atoms with Gasteiger partial charge in [-0.2, -0.15) is 0 Å². The van der Waals surface area contributed by atoms with Crippen LogP contribution in [0.1, 0.15) is 50.6 Å². The average molecular weight is 208 g/mol. The normalized spacial score (nSPS) is 22.2. The van der Waals surface area contributed by atoms with Gasteiger partial charge in [-0.3, -0.25) is 0 Å². The maximum atomic E-state index is 5.48. The molecule has 1 aliphatic heterocycles. The SMILES string of the molecule is CC(C)c1coc(CC2CCCCN2)n1. The standard InChI is InChI=1S/C12H20N2O/c1-9(2)11-8-15-12(14-11)7-10-5-3-4-6-13-10/h8-10,13H,3-7H2,1-2H3. The van der Waals surface area contributed by atoms with Crippen molar-refractivity contribution in [3.05, 3.63) is 17.8 Å². The lowest BCUT2D eigenvalue weighted by molar-refractivity contribution is 0.367. The van der Waals surface area contributed by atoms with Gasteiger partial charge in [0.2, 0.25) is 0 Å². The van der Waals surface area contributed by atoms with Crippen LogP contribution in [0, 0.1) is 0 Å². The van der Waals surface area contributed by atoms with Gasteiger partial charge < -0.3 is 9.73 Å². The molecule has 1 saturated heterocycles. The molecule has 84 valence electrons. The van der Waals surface area contributed by atoms with Crippen LogP contribution in [0.15, 0.2) is 10.7 Å². The fourth-order valence-electron chi connectivity index (χ4n) is 1.99. The van der Waals surface area contributed by atoms with Gasteiger partial charge >= 0.3 is 0 Å². The fourth-order valence-corrected chi connectivity index (χ4v) is 1.99. The molecule has 1 aliphatic rings. The summed E-state index contributed by atoms with van der Waals surface area (Å²) in [5.41, 5.74) is 1.07. The van der Waals surface area contributed by atoms with Crippen molar-refractivity contribution < 1.29 is 4.42 Å². The van der Waals surface area contributed by atoms with Crippen molar-refractivity contribution in [2.24, 2.45) is 0 Å². The summed E-state index contributed by atoms with van der Waals surface area (Å²) in [6.45, 7) is 5.42. The van der Waals surface area contributed by atoms with Crippen molar-refractivity contribution in [3.8, 4) is 0 Å². The van der Waals surface area contributed by atoms with Gasteiger partial charge in [-0.05, 0) is 25.3 Å². The zero-order valence-electron chi connectivity index (χ0n) is 9.62. The minimum absolute atomic E-state index is 0.460. The molecule has 0 radical (unpaired) electrons. The monoisotopic (exact) mass is 208 g/mol. The molecule has 3 nitrogen and oxygen atoms in total. The second kappa shape index (κ2) is 4.79. The number of rotatable bonds is 3. The molecule has 1 aromatic heterocycles. The van der Waals surface area contributed by atoms with Gasteiger partial charge in [0.1, 0.15) is 6.26 Å². The van der Waals surface area contributed by atoms with Crippen molar-refractivity contribution in [1.29, 1.82) is 0 Å². The second-order valence-corrected chi connectivity index (χ2v) is 4.67. The van der Waals surface area contributed by atoms with Gasteiger partial charge in [0, 0.05) is 12.5 Å². The Balaban J connectivity index is 1.91. The number of oxazole rings is 1. The number of aromatic nitrogens is 1. The average Bonchev–Trinajstić information content (AvgIpc) is 2.68. The molecular formula is C12H20N2O. The van der Waals surface area contributed by atoms with E-state index in [1.165, 1.54) is 19.3 Å². The van der Waals surface area contributed by atoms with E-state index in [0.717, 1.165) is 24.6 Å². The van der Waals surface area contributed by atoms with Gasteiger partial charge in [-0.25, -0.2) is 4.98 Å². The Bertz CT molecular complexity index is 300. The van der Waals surface area contributed by atoms with Gasteiger partial charge in [-0.1, -0.05) is 20.3 Å². The molecule has 2 heterocycles. The molecule has 2 rings (SSSR count). The van der Waals surface area contributed by atoms with E-state index in [1.54, 1.807) is 6.26 Å². The number of hydrogen-bond acceptors (Lipinski definition) is 3. The van der Waals surface area contributed by atoms with Crippen molar-refractivity contribution in [3.63, 3.8) is 0 Å². The highest BCUT2D eigenvalue weighted by molar-refractivity contribution is 5.02. The molecule has 1 fully saturated rings. The Hall–Kier alpha value is -0.830. The molecule has 0 aliphatic carbocycles. The van der Waals surface area contributed by atoms with E-state index in [4.69, 9.17) is 4.42 Å². The Morgan fingerprint density at radius 1 is 1.53 bits per heavy atom. The fraction of sp³-hybridized carbons (Fsp3) is 0.750. The summed E-state index contributed by atoms with van der Waals surface area (Å²) in [6, 6.07) is 0.567. The summed E-state index contributed by atoms with van der Waals surface area (Å²) in [6.07, 6.45) is 6.61. The van der Waals surface area contributed by atoms with Crippen molar-refractivity contribution in [1.82, 2.24) is 10.3 Å². The Kier molecular flexibility index (Phi) is 3.41. The second-order valence-electron chi connectivity index (χ2n) is 4.67. The summed E-state index contributed by atoms with van der Waals surface area (Å²) < 4.78 is 5.48. The quantitative estimate of drug-likeness (QED) is 0.829. The summed E-state index contributed by atoms with van der Waals surface area (Å²) in [5.74, 6) is 1.35. The van der Waals surface area contributed by atoms with Crippen LogP contribution >= 0.6 is 0 Å². The first-order chi connectivity index (χ1) is 7.25. The number of hydrogen-bond donors (Lipinski definition) is 1. The molecule has 1 N–H and O–H groups in total. The van der Waals surface area contributed by atoms with Crippen LogP contribution in [0.5, 0.6) is 0 Å². The third-order valence-electron chi connectivity index (χ3n) is 2.99. The van der Waals surface area contributed by atoms with E-state index < -0.39 is 0 Å². The molecule has 1 unspecified atom stereocenters. The first kappa shape index (κ1) is 10.7. The lowest BCUT2D eigenvalue weighted by atomic mass is 10.0. The predicted octanol–water partition coefficient (Wildman–Crippen LogP) is 2.48. The summed E-state index contributed by atoms with van der Waals surface area (Å²) in [7, 11) is 0. The Labute approximate surface area is 91.3 Å². The van der Waals surface area contributed by atoms with Gasteiger partial charge in [0.15, 0.2) is 5.89 Å². The van der Waals surface area contributed by atoms with Crippen LogP contribution < -0.4 is 5.32 Å². The Morgan fingerprint density at radius 3 is 3.00 bits per heavy atom. The van der Waals surface area contributed by atoms with E-state index in [9.17, 15) is 0 Å². The van der Waals surface area contributed by atoms with Crippen molar-refractivity contribution in [2.45, 2.75) is 51.5 Å². The predicted molar refractivity (Wildman–Crippen MR) is 59.9 cm³/mol. The third kappa shape index (κ3) is 2.81. The summed E-state index contributed by atoms with van der Waals surface area (Å²) in [4.78, 5) is 4.50. The van der Waals surface area contributed by atoms with Gasteiger partial charge in [0.25, 0.3) is 0 Å². The van der Waals surface area contributed by atoms with E-state index in [1.807, 2.05) is 0 Å². The summed E-state index contributed by atoms with van der Waals surface area (Å²) >= 11 is 0. The molecule has 0 bridgehead atoms. The highest BCUT2D eigenvalue weighted by Gasteiger charge is 2.16. The van der Waals surface area contributed by atoms with Crippen LogP contribution in [-0.2, 0) is 6.42 Å². The molecular weight excluding hydrogens is 188 g/mol. The zero-order chi connectivity index (χ0) is 10.7. The smallest absolute Gasteiger partial charge is 0.195 e. The molecule has 1 aromatic rings. The summed E-state index contributed by atoms with van der Waals surface area (Å²) in [5, 5.41) is 3.51. The van der Waals surface area contributed by atoms with E-state index in [-0.39, 0.29) is 0 Å². The van der Waals surface area contributed by atoms with Crippen LogP contribution in [0.3, 0.4) is 0 Å². The van der Waals surface area contributed by atoms with Crippen molar-refractivity contribution >= 4 is 0 Å². The van der Waals surface area contributed by atoms with Crippen LogP contribution in [0.2, 0.25) is 0 Å². The minimum Gasteiger partial charge on any atom is -0.449 e. The van der Waals surface area contributed by atoms with Crippen LogP contribution in [0.25, 0.3) is 0 Å². The number of piperidine rings is 1. The largest absolute Gasteiger partial charge is 0.449 e. The van der Waals surface area contributed by atoms with Gasteiger partial charge in [-0.15, -0.1) is 0 Å². The molecule has 0 amide bonds. The van der Waals surface area contributed by atoms with Gasteiger partial charge in [0.05, 0.1) is 5.69 Å². The molecule has 0 aromatic carbocycles. The lowest BCUT2D eigenvalue weighted by Crippen LogP contribution is -2.35. The maximum absolute atomic E-state index is 5.48.